The van der Waals surface area contributed by atoms with Gasteiger partial charge in [0.25, 0.3) is 5.91 Å². The summed E-state index contributed by atoms with van der Waals surface area (Å²) in [7, 11) is 0. The summed E-state index contributed by atoms with van der Waals surface area (Å²) in [5, 5.41) is 0. The number of thiophene rings is 1. The number of carbonyl (C=O) groups is 2. The van der Waals surface area contributed by atoms with Crippen molar-refractivity contribution in [3.63, 3.8) is 0 Å². The van der Waals surface area contributed by atoms with Gasteiger partial charge in [-0.05, 0) is 62.0 Å². The zero-order valence-electron chi connectivity index (χ0n) is 13.3. The lowest BCUT2D eigenvalue weighted by molar-refractivity contribution is -0.123. The molecule has 3 rings (SSSR count). The Balaban J connectivity index is 1.47. The van der Waals surface area contributed by atoms with E-state index in [4.69, 9.17) is 0 Å². The van der Waals surface area contributed by atoms with Gasteiger partial charge in [-0.25, -0.2) is 0 Å². The first-order valence-corrected chi connectivity index (χ1v) is 9.07. The third-order valence-electron chi connectivity index (χ3n) is 5.21. The highest BCUT2D eigenvalue weighted by atomic mass is 32.1. The van der Waals surface area contributed by atoms with Crippen molar-refractivity contribution in [1.29, 1.82) is 0 Å². The predicted molar refractivity (Wildman–Crippen MR) is 87.6 cm³/mol. The summed E-state index contributed by atoms with van der Waals surface area (Å²) in [6.07, 6.45) is 6.60. The van der Waals surface area contributed by atoms with Crippen LogP contribution in [0.1, 0.15) is 59.1 Å². The van der Waals surface area contributed by atoms with Crippen LogP contribution < -0.4 is 10.9 Å². The van der Waals surface area contributed by atoms with E-state index in [0.29, 0.717) is 17.2 Å². The molecule has 2 bridgehead atoms. The van der Waals surface area contributed by atoms with Gasteiger partial charge in [0.2, 0.25) is 5.91 Å². The summed E-state index contributed by atoms with van der Waals surface area (Å²) in [6.45, 7) is 4.09. The Morgan fingerprint density at radius 2 is 2.09 bits per heavy atom. The van der Waals surface area contributed by atoms with E-state index in [0.717, 1.165) is 23.8 Å². The minimum atomic E-state index is -0.214. The fourth-order valence-electron chi connectivity index (χ4n) is 4.09. The number of rotatable bonds is 4. The summed E-state index contributed by atoms with van der Waals surface area (Å²) in [4.78, 5) is 26.0. The number of hydrogen-bond donors (Lipinski definition) is 2. The van der Waals surface area contributed by atoms with Crippen molar-refractivity contribution in [3.8, 4) is 0 Å². The van der Waals surface area contributed by atoms with E-state index in [9.17, 15) is 9.59 Å². The van der Waals surface area contributed by atoms with Crippen LogP contribution in [0.25, 0.3) is 0 Å². The molecule has 2 aliphatic carbocycles. The van der Waals surface area contributed by atoms with Gasteiger partial charge in [0.15, 0.2) is 0 Å². The second kappa shape index (κ2) is 6.41. The molecule has 0 spiro atoms. The standard InChI is InChI=1S/C17H24N2O2S/c1-3-14-10(2)6-15(22-14)17(21)19-18-16(20)9-13-8-11-4-5-12(13)7-11/h6,11-13H,3-5,7-9H2,1-2H3,(H,18,20)(H,19,21). The Kier molecular flexibility index (Phi) is 4.52. The van der Waals surface area contributed by atoms with E-state index in [1.807, 2.05) is 13.0 Å². The lowest BCUT2D eigenvalue weighted by Gasteiger charge is -2.20. The maximum atomic E-state index is 12.1. The quantitative estimate of drug-likeness (QED) is 0.837. The van der Waals surface area contributed by atoms with E-state index in [2.05, 4.69) is 17.8 Å². The maximum Gasteiger partial charge on any atom is 0.279 e. The summed E-state index contributed by atoms with van der Waals surface area (Å²) in [6, 6.07) is 1.89. The Bertz CT molecular complexity index is 581. The third-order valence-corrected chi connectivity index (χ3v) is 6.59. The molecule has 4 nitrogen and oxygen atoms in total. The molecule has 0 aromatic carbocycles. The molecule has 22 heavy (non-hydrogen) atoms. The average Bonchev–Trinajstić information content (AvgIpc) is 3.19. The van der Waals surface area contributed by atoms with Crippen LogP contribution in [0, 0.1) is 24.7 Å². The number of aryl methyl sites for hydroxylation is 2. The van der Waals surface area contributed by atoms with Crippen LogP contribution in [0.4, 0.5) is 0 Å². The van der Waals surface area contributed by atoms with Crippen LogP contribution >= 0.6 is 11.3 Å². The van der Waals surface area contributed by atoms with Gasteiger partial charge >= 0.3 is 0 Å². The largest absolute Gasteiger partial charge is 0.279 e. The maximum absolute atomic E-state index is 12.1. The number of carbonyl (C=O) groups excluding carboxylic acids is 2. The molecular weight excluding hydrogens is 296 g/mol. The van der Waals surface area contributed by atoms with Crippen LogP contribution in [0.5, 0.6) is 0 Å². The highest BCUT2D eigenvalue weighted by Gasteiger charge is 2.40. The van der Waals surface area contributed by atoms with Gasteiger partial charge in [0, 0.05) is 11.3 Å². The molecule has 2 saturated carbocycles. The second-order valence-electron chi connectivity index (χ2n) is 6.71. The molecule has 120 valence electrons. The first-order valence-electron chi connectivity index (χ1n) is 8.25. The fourth-order valence-corrected chi connectivity index (χ4v) is 5.10. The Morgan fingerprint density at radius 1 is 1.27 bits per heavy atom. The van der Waals surface area contributed by atoms with Gasteiger partial charge in [-0.1, -0.05) is 13.3 Å². The zero-order chi connectivity index (χ0) is 15.7. The van der Waals surface area contributed by atoms with Crippen molar-refractivity contribution in [2.75, 3.05) is 0 Å². The topological polar surface area (TPSA) is 58.2 Å². The molecule has 3 unspecified atom stereocenters. The predicted octanol–water partition coefficient (Wildman–Crippen LogP) is 3.21. The van der Waals surface area contributed by atoms with Crippen molar-refractivity contribution in [2.45, 2.75) is 52.4 Å². The normalized spacial score (nSPS) is 26.2. The van der Waals surface area contributed by atoms with Crippen molar-refractivity contribution in [1.82, 2.24) is 10.9 Å². The number of hydrazine groups is 1. The Morgan fingerprint density at radius 3 is 2.68 bits per heavy atom. The SMILES string of the molecule is CCc1sc(C(=O)NNC(=O)CC2CC3CCC2C3)cc1C. The average molecular weight is 320 g/mol. The van der Waals surface area contributed by atoms with E-state index in [-0.39, 0.29) is 11.8 Å². The number of hydrogen-bond acceptors (Lipinski definition) is 3. The molecule has 2 fully saturated rings. The molecule has 3 atom stereocenters. The molecule has 0 saturated heterocycles. The van der Waals surface area contributed by atoms with Crippen molar-refractivity contribution >= 4 is 23.2 Å². The number of amides is 2. The first-order chi connectivity index (χ1) is 10.6. The Labute approximate surface area is 135 Å². The lowest BCUT2D eigenvalue weighted by Crippen LogP contribution is -2.42. The van der Waals surface area contributed by atoms with Gasteiger partial charge < -0.3 is 0 Å². The monoisotopic (exact) mass is 320 g/mol. The van der Waals surface area contributed by atoms with Crippen LogP contribution in [0.3, 0.4) is 0 Å². The second-order valence-corrected chi connectivity index (χ2v) is 7.85. The van der Waals surface area contributed by atoms with Crippen LogP contribution in [-0.2, 0) is 11.2 Å². The zero-order valence-corrected chi connectivity index (χ0v) is 14.1. The fraction of sp³-hybridized carbons (Fsp3) is 0.647. The van der Waals surface area contributed by atoms with Crippen molar-refractivity contribution in [3.05, 3.63) is 21.4 Å². The van der Waals surface area contributed by atoms with Crippen LogP contribution in [0.2, 0.25) is 0 Å². The molecule has 2 amide bonds. The smallest absolute Gasteiger partial charge is 0.273 e. The van der Waals surface area contributed by atoms with Gasteiger partial charge in [-0.2, -0.15) is 0 Å². The summed E-state index contributed by atoms with van der Waals surface area (Å²) in [5.41, 5.74) is 6.28. The van der Waals surface area contributed by atoms with Gasteiger partial charge in [-0.3, -0.25) is 20.4 Å². The summed E-state index contributed by atoms with van der Waals surface area (Å²) < 4.78 is 0. The molecule has 1 aromatic rings. The molecule has 2 aliphatic rings. The summed E-state index contributed by atoms with van der Waals surface area (Å²) >= 11 is 1.50. The van der Waals surface area contributed by atoms with E-state index in [1.54, 1.807) is 0 Å². The highest BCUT2D eigenvalue weighted by molar-refractivity contribution is 7.14. The molecular formula is C17H24N2O2S. The molecule has 0 radical (unpaired) electrons. The molecule has 0 aliphatic heterocycles. The molecule has 5 heteroatoms. The minimum Gasteiger partial charge on any atom is -0.273 e. The molecule has 1 aromatic heterocycles. The summed E-state index contributed by atoms with van der Waals surface area (Å²) in [5.74, 6) is 1.83. The van der Waals surface area contributed by atoms with E-state index in [1.165, 1.54) is 41.9 Å². The number of fused-ring (bicyclic) bond motifs is 2. The van der Waals surface area contributed by atoms with Crippen LogP contribution in [0.15, 0.2) is 6.07 Å². The van der Waals surface area contributed by atoms with E-state index >= 15 is 0 Å². The van der Waals surface area contributed by atoms with Crippen LogP contribution in [-0.4, -0.2) is 11.8 Å². The first kappa shape index (κ1) is 15.5. The van der Waals surface area contributed by atoms with Gasteiger partial charge in [0.1, 0.15) is 0 Å². The highest BCUT2D eigenvalue weighted by Crippen LogP contribution is 2.49. The lowest BCUT2D eigenvalue weighted by atomic mass is 9.86. The third kappa shape index (κ3) is 3.19. The molecule has 2 N–H and O–H groups in total. The minimum absolute atomic E-state index is 0.0603. The molecule has 1 heterocycles. The van der Waals surface area contributed by atoms with Crippen molar-refractivity contribution in [2.24, 2.45) is 17.8 Å². The number of nitrogens with one attached hydrogen (secondary N) is 2. The van der Waals surface area contributed by atoms with Gasteiger partial charge in [0.05, 0.1) is 4.88 Å². The van der Waals surface area contributed by atoms with Gasteiger partial charge in [-0.15, -0.1) is 11.3 Å². The Hall–Kier alpha value is -1.36. The van der Waals surface area contributed by atoms with E-state index < -0.39 is 0 Å². The van der Waals surface area contributed by atoms with Crippen molar-refractivity contribution < 1.29 is 9.59 Å².